The molecule has 6 rings (SSSR count). The third-order valence-corrected chi connectivity index (χ3v) is 9.36. The predicted octanol–water partition coefficient (Wildman–Crippen LogP) is 4.44. The van der Waals surface area contributed by atoms with Crippen LogP contribution in [0, 0.1) is 12.3 Å². The summed E-state index contributed by atoms with van der Waals surface area (Å²) in [5.41, 5.74) is 4.09. The highest BCUT2D eigenvalue weighted by Gasteiger charge is 2.66. The highest BCUT2D eigenvalue weighted by molar-refractivity contribution is 6.07. The van der Waals surface area contributed by atoms with E-state index in [0.717, 1.165) is 79.2 Å². The van der Waals surface area contributed by atoms with Gasteiger partial charge in [0.2, 0.25) is 5.91 Å². The minimum absolute atomic E-state index is 0.00792. The number of aromatic nitrogens is 4. The molecule has 3 aliphatic rings. The summed E-state index contributed by atoms with van der Waals surface area (Å²) in [5, 5.41) is 9.13. The Hall–Kier alpha value is -3.46. The van der Waals surface area contributed by atoms with E-state index in [2.05, 4.69) is 21.4 Å². The number of Topliss-reactive ketones (excluding diaryl/α,β-unsaturated/α-hetero) is 2. The first-order chi connectivity index (χ1) is 19.8. The molecule has 1 aromatic carbocycles. The molecule has 2 aliphatic heterocycles. The van der Waals surface area contributed by atoms with Crippen LogP contribution in [0.15, 0.2) is 24.5 Å². The maximum atomic E-state index is 14.0. The number of piperidine rings is 1. The summed E-state index contributed by atoms with van der Waals surface area (Å²) in [6.07, 6.45) is 12.1. The summed E-state index contributed by atoms with van der Waals surface area (Å²) < 4.78 is 1.73. The Kier molecular flexibility index (Phi) is 7.49. The quantitative estimate of drug-likeness (QED) is 0.473. The van der Waals surface area contributed by atoms with E-state index in [1.807, 2.05) is 37.2 Å². The van der Waals surface area contributed by atoms with Gasteiger partial charge >= 0.3 is 0 Å². The minimum atomic E-state index is -0.381. The Labute approximate surface area is 241 Å². The first kappa shape index (κ1) is 27.7. The predicted molar refractivity (Wildman–Crippen MR) is 157 cm³/mol. The summed E-state index contributed by atoms with van der Waals surface area (Å²) in [4.78, 5) is 50.5. The Bertz CT molecular complexity index is 1500. The van der Waals surface area contributed by atoms with Gasteiger partial charge in [-0.05, 0) is 68.8 Å². The number of carbonyl (C=O) groups is 3. The number of amides is 1. The van der Waals surface area contributed by atoms with Gasteiger partial charge in [-0.1, -0.05) is 26.2 Å². The SMILES string of the molecule is CCC(=O)[C@@H]1C[C@]23CNCCCCCCCc4cc(-c5cnc(C)nc5)cc5c(C(C)=O)nn(c45)CC(=O)N1[C@@H]2C3. The third-order valence-electron chi connectivity index (χ3n) is 9.36. The van der Waals surface area contributed by atoms with Gasteiger partial charge in [0.1, 0.15) is 18.1 Å². The average Bonchev–Trinajstić information content (AvgIpc) is 3.36. The summed E-state index contributed by atoms with van der Waals surface area (Å²) in [6.45, 7) is 7.09. The van der Waals surface area contributed by atoms with Crippen molar-refractivity contribution >= 4 is 28.4 Å². The zero-order valence-electron chi connectivity index (χ0n) is 24.4. The van der Waals surface area contributed by atoms with E-state index in [-0.39, 0.29) is 41.5 Å². The summed E-state index contributed by atoms with van der Waals surface area (Å²) in [7, 11) is 0. The molecule has 3 atom stereocenters. The number of hydrogen-bond donors (Lipinski definition) is 1. The number of carbonyl (C=O) groups excluding carboxylic acids is 3. The van der Waals surface area contributed by atoms with Gasteiger partial charge in [-0.3, -0.25) is 19.1 Å². The topological polar surface area (TPSA) is 110 Å². The molecule has 1 N–H and O–H groups in total. The van der Waals surface area contributed by atoms with Crippen LogP contribution in [0.3, 0.4) is 0 Å². The van der Waals surface area contributed by atoms with Crippen LogP contribution in [-0.2, 0) is 22.6 Å². The van der Waals surface area contributed by atoms with Crippen molar-refractivity contribution in [1.29, 1.82) is 0 Å². The molecule has 0 spiro atoms. The summed E-state index contributed by atoms with van der Waals surface area (Å²) in [6, 6.07) is 3.83. The normalized spacial score (nSPS) is 25.1. The highest BCUT2D eigenvalue weighted by Crippen LogP contribution is 2.59. The molecule has 2 bridgehead atoms. The van der Waals surface area contributed by atoms with Gasteiger partial charge in [-0.15, -0.1) is 0 Å². The lowest BCUT2D eigenvalue weighted by atomic mass is 9.96. The third kappa shape index (κ3) is 5.20. The molecule has 3 aromatic rings. The number of rotatable bonds is 4. The maximum Gasteiger partial charge on any atom is 0.245 e. The molecule has 1 saturated carbocycles. The van der Waals surface area contributed by atoms with Crippen LogP contribution in [0.2, 0.25) is 0 Å². The molecule has 0 radical (unpaired) electrons. The fraction of sp³-hybridized carbons (Fsp3) is 0.562. The van der Waals surface area contributed by atoms with Gasteiger partial charge in [0.05, 0.1) is 11.6 Å². The molecule has 216 valence electrons. The van der Waals surface area contributed by atoms with E-state index in [1.54, 1.807) is 4.68 Å². The van der Waals surface area contributed by atoms with Gasteiger partial charge in [0.15, 0.2) is 11.6 Å². The second-order valence-electron chi connectivity index (χ2n) is 12.2. The van der Waals surface area contributed by atoms with Crippen molar-refractivity contribution in [2.75, 3.05) is 13.1 Å². The Morgan fingerprint density at radius 3 is 2.56 bits per heavy atom. The molecule has 41 heavy (non-hydrogen) atoms. The van der Waals surface area contributed by atoms with Crippen molar-refractivity contribution in [2.24, 2.45) is 5.41 Å². The van der Waals surface area contributed by atoms with E-state index in [0.29, 0.717) is 17.9 Å². The highest BCUT2D eigenvalue weighted by atomic mass is 16.2. The van der Waals surface area contributed by atoms with Crippen molar-refractivity contribution < 1.29 is 14.4 Å². The lowest BCUT2D eigenvalue weighted by Crippen LogP contribution is -2.44. The number of ketones is 2. The second-order valence-corrected chi connectivity index (χ2v) is 12.2. The second kappa shape index (κ2) is 11.1. The Morgan fingerprint density at radius 1 is 1.05 bits per heavy atom. The van der Waals surface area contributed by atoms with Crippen molar-refractivity contribution in [3.8, 4) is 11.1 Å². The zero-order valence-corrected chi connectivity index (χ0v) is 24.4. The van der Waals surface area contributed by atoms with E-state index in [1.165, 1.54) is 19.8 Å². The van der Waals surface area contributed by atoms with E-state index < -0.39 is 0 Å². The first-order valence-corrected chi connectivity index (χ1v) is 15.2. The smallest absolute Gasteiger partial charge is 0.245 e. The zero-order chi connectivity index (χ0) is 28.7. The van der Waals surface area contributed by atoms with Gasteiger partial charge in [-0.25, -0.2) is 9.97 Å². The molecule has 1 aliphatic carbocycles. The number of nitrogens with zero attached hydrogens (tertiary/aromatic N) is 5. The molecule has 2 fully saturated rings. The van der Waals surface area contributed by atoms with Gasteiger partial charge in [0, 0.05) is 54.7 Å². The van der Waals surface area contributed by atoms with Crippen LogP contribution in [0.5, 0.6) is 0 Å². The van der Waals surface area contributed by atoms with Crippen LogP contribution in [0.4, 0.5) is 0 Å². The minimum Gasteiger partial charge on any atom is -0.327 e. The van der Waals surface area contributed by atoms with Crippen LogP contribution in [0.25, 0.3) is 22.0 Å². The molecule has 4 heterocycles. The monoisotopic (exact) mass is 556 g/mol. The molecule has 0 unspecified atom stereocenters. The fourth-order valence-electron chi connectivity index (χ4n) is 7.07. The lowest BCUT2D eigenvalue weighted by Gasteiger charge is -2.26. The van der Waals surface area contributed by atoms with Gasteiger partial charge in [-0.2, -0.15) is 5.10 Å². The Balaban J connectivity index is 1.44. The summed E-state index contributed by atoms with van der Waals surface area (Å²) >= 11 is 0. The van der Waals surface area contributed by atoms with Gasteiger partial charge in [0.25, 0.3) is 0 Å². The number of aryl methyl sites for hydroxylation is 2. The fourth-order valence-corrected chi connectivity index (χ4v) is 7.07. The van der Waals surface area contributed by atoms with Crippen LogP contribution < -0.4 is 5.32 Å². The van der Waals surface area contributed by atoms with E-state index >= 15 is 0 Å². The summed E-state index contributed by atoms with van der Waals surface area (Å²) in [5.74, 6) is 0.595. The molecular weight excluding hydrogens is 516 g/mol. The molecule has 2 aromatic heterocycles. The molecular formula is C32H40N6O3. The standard InChI is InChI=1S/C32H40N6O3/c1-4-27(40)26-14-32-15-28(32)38(26)29(41)18-37-31-22(10-8-6-5-7-9-11-33-19-32)12-23(24-16-34-21(3)35-17-24)13-25(31)30(36-37)20(2)39/h12-13,16-17,26,28,33H,4-11,14-15,18-19H2,1-3H3/t26-,28+,32-/m0/s1. The number of benzene rings is 1. The largest absolute Gasteiger partial charge is 0.327 e. The Morgan fingerprint density at radius 2 is 1.80 bits per heavy atom. The van der Waals surface area contributed by atoms with Crippen LogP contribution in [-0.4, -0.2) is 67.3 Å². The van der Waals surface area contributed by atoms with Crippen molar-refractivity contribution in [3.05, 3.63) is 41.6 Å². The van der Waals surface area contributed by atoms with Crippen molar-refractivity contribution in [1.82, 2.24) is 30.0 Å². The molecule has 1 amide bonds. The molecule has 9 nitrogen and oxygen atoms in total. The average molecular weight is 557 g/mol. The van der Waals surface area contributed by atoms with Crippen LogP contribution >= 0.6 is 0 Å². The van der Waals surface area contributed by atoms with Crippen molar-refractivity contribution in [2.45, 2.75) is 97.2 Å². The number of hydrogen-bond acceptors (Lipinski definition) is 7. The van der Waals surface area contributed by atoms with Crippen LogP contribution in [0.1, 0.15) is 87.1 Å². The van der Waals surface area contributed by atoms with E-state index in [9.17, 15) is 14.4 Å². The number of nitrogens with one attached hydrogen (secondary N) is 1. The van der Waals surface area contributed by atoms with Gasteiger partial charge < -0.3 is 10.2 Å². The molecule has 9 heteroatoms. The maximum absolute atomic E-state index is 14.0. The molecule has 1 saturated heterocycles. The van der Waals surface area contributed by atoms with E-state index in [4.69, 9.17) is 5.10 Å². The first-order valence-electron chi connectivity index (χ1n) is 15.2. The van der Waals surface area contributed by atoms with Crippen molar-refractivity contribution in [3.63, 3.8) is 0 Å². The lowest BCUT2D eigenvalue weighted by molar-refractivity contribution is -0.139.